The van der Waals surface area contributed by atoms with Crippen LogP contribution in [-0.2, 0) is 16.6 Å². The Morgan fingerprint density at radius 2 is 2.15 bits per heavy atom. The summed E-state index contributed by atoms with van der Waals surface area (Å²) in [6.45, 7) is 2.53. The molecule has 0 aromatic heterocycles. The zero-order valence-corrected chi connectivity index (χ0v) is 12.6. The lowest BCUT2D eigenvalue weighted by molar-refractivity contribution is 0.155. The van der Waals surface area contributed by atoms with E-state index < -0.39 is 10.0 Å². The van der Waals surface area contributed by atoms with Crippen LogP contribution in [0.15, 0.2) is 23.1 Å². The molecule has 6 heteroatoms. The molecule has 1 fully saturated rings. The van der Waals surface area contributed by atoms with E-state index in [1.807, 2.05) is 6.07 Å². The lowest BCUT2D eigenvalue weighted by atomic mass is 10.1. The molecule has 5 nitrogen and oxygen atoms in total. The van der Waals surface area contributed by atoms with Gasteiger partial charge in [0.1, 0.15) is 0 Å². The van der Waals surface area contributed by atoms with Crippen molar-refractivity contribution in [2.24, 2.45) is 5.73 Å². The van der Waals surface area contributed by atoms with E-state index in [1.165, 1.54) is 4.31 Å². The lowest BCUT2D eigenvalue weighted by Crippen LogP contribution is -2.45. The van der Waals surface area contributed by atoms with Crippen molar-refractivity contribution in [3.05, 3.63) is 29.3 Å². The second-order valence-electron chi connectivity index (χ2n) is 5.25. The summed E-state index contributed by atoms with van der Waals surface area (Å²) in [7, 11) is -3.55. The van der Waals surface area contributed by atoms with Gasteiger partial charge in [-0.2, -0.15) is 4.31 Å². The summed E-state index contributed by atoms with van der Waals surface area (Å²) in [4.78, 5) is 0.315. The summed E-state index contributed by atoms with van der Waals surface area (Å²) in [5.41, 5.74) is 7.19. The minimum Gasteiger partial charge on any atom is -0.395 e. The van der Waals surface area contributed by atoms with Gasteiger partial charge in [-0.1, -0.05) is 18.6 Å². The monoisotopic (exact) mass is 298 g/mol. The Bertz CT molecular complexity index is 572. The number of hydrogen-bond donors (Lipinski definition) is 2. The van der Waals surface area contributed by atoms with E-state index in [0.29, 0.717) is 23.5 Å². The van der Waals surface area contributed by atoms with Crippen molar-refractivity contribution >= 4 is 10.0 Å². The molecule has 1 aromatic carbocycles. The second-order valence-corrected chi connectivity index (χ2v) is 7.11. The van der Waals surface area contributed by atoms with Crippen molar-refractivity contribution in [1.82, 2.24) is 4.31 Å². The molecule has 1 aromatic rings. The third-order valence-corrected chi connectivity index (χ3v) is 5.96. The van der Waals surface area contributed by atoms with Crippen molar-refractivity contribution in [3.63, 3.8) is 0 Å². The van der Waals surface area contributed by atoms with Crippen molar-refractivity contribution in [3.8, 4) is 0 Å². The van der Waals surface area contributed by atoms with Gasteiger partial charge in [0.15, 0.2) is 0 Å². The first-order chi connectivity index (χ1) is 9.50. The maximum absolute atomic E-state index is 12.8. The zero-order valence-electron chi connectivity index (χ0n) is 11.7. The van der Waals surface area contributed by atoms with Crippen LogP contribution in [0.3, 0.4) is 0 Å². The number of aliphatic hydroxyl groups excluding tert-OH is 1. The number of benzene rings is 1. The average Bonchev–Trinajstić information content (AvgIpc) is 2.46. The Kier molecular flexibility index (Phi) is 4.80. The van der Waals surface area contributed by atoms with Gasteiger partial charge in [-0.3, -0.25) is 0 Å². The van der Waals surface area contributed by atoms with Gasteiger partial charge in [-0.15, -0.1) is 0 Å². The van der Waals surface area contributed by atoms with Gasteiger partial charge in [-0.25, -0.2) is 8.42 Å². The van der Waals surface area contributed by atoms with Crippen LogP contribution in [0.4, 0.5) is 0 Å². The van der Waals surface area contributed by atoms with Gasteiger partial charge in [0.2, 0.25) is 10.0 Å². The SMILES string of the molecule is Cc1cc(CN)ccc1S(=O)(=O)N1CCCCC1CO. The Labute approximate surface area is 120 Å². The third kappa shape index (κ3) is 2.88. The molecule has 0 radical (unpaired) electrons. The predicted octanol–water partition coefficient (Wildman–Crippen LogP) is 0.989. The van der Waals surface area contributed by atoms with Crippen molar-refractivity contribution in [1.29, 1.82) is 0 Å². The molecule has 0 saturated carbocycles. The van der Waals surface area contributed by atoms with Crippen molar-refractivity contribution < 1.29 is 13.5 Å². The normalized spacial score (nSPS) is 21.1. The van der Waals surface area contributed by atoms with Gasteiger partial charge in [0.25, 0.3) is 0 Å². The quantitative estimate of drug-likeness (QED) is 0.868. The zero-order chi connectivity index (χ0) is 14.8. The second kappa shape index (κ2) is 6.22. The highest BCUT2D eigenvalue weighted by Gasteiger charge is 2.33. The summed E-state index contributed by atoms with van der Waals surface area (Å²) >= 11 is 0. The maximum atomic E-state index is 12.8. The topological polar surface area (TPSA) is 83.6 Å². The van der Waals surface area contributed by atoms with Crippen LogP contribution < -0.4 is 5.73 Å². The van der Waals surface area contributed by atoms with Gasteiger partial charge < -0.3 is 10.8 Å². The molecule has 3 N–H and O–H groups in total. The molecular weight excluding hydrogens is 276 g/mol. The highest BCUT2D eigenvalue weighted by atomic mass is 32.2. The molecule has 1 aliphatic heterocycles. The Balaban J connectivity index is 2.38. The predicted molar refractivity (Wildman–Crippen MR) is 77.7 cm³/mol. The summed E-state index contributed by atoms with van der Waals surface area (Å²) in [6.07, 6.45) is 2.52. The van der Waals surface area contributed by atoms with E-state index in [4.69, 9.17) is 5.73 Å². The average molecular weight is 298 g/mol. The number of aliphatic hydroxyl groups is 1. The number of rotatable bonds is 4. The molecule has 1 saturated heterocycles. The summed E-state index contributed by atoms with van der Waals surface area (Å²) in [5.74, 6) is 0. The first-order valence-electron chi connectivity index (χ1n) is 6.93. The van der Waals surface area contributed by atoms with E-state index in [1.54, 1.807) is 19.1 Å². The fourth-order valence-corrected chi connectivity index (χ4v) is 4.62. The molecule has 1 aliphatic rings. The smallest absolute Gasteiger partial charge is 0.243 e. The molecule has 1 heterocycles. The third-order valence-electron chi connectivity index (χ3n) is 3.85. The van der Waals surface area contributed by atoms with E-state index in [-0.39, 0.29) is 12.6 Å². The minimum atomic E-state index is -3.55. The molecule has 0 amide bonds. The summed E-state index contributed by atoms with van der Waals surface area (Å²) in [6, 6.07) is 4.88. The Hall–Kier alpha value is -0.950. The minimum absolute atomic E-state index is 0.126. The van der Waals surface area contributed by atoms with Gasteiger partial charge in [-0.05, 0) is 37.0 Å². The van der Waals surface area contributed by atoms with E-state index in [0.717, 1.165) is 24.8 Å². The standard InChI is InChI=1S/C14H22N2O3S/c1-11-8-12(9-15)5-6-14(11)20(18,19)16-7-3-2-4-13(16)10-17/h5-6,8,13,17H,2-4,7,9-10,15H2,1H3. The molecule has 20 heavy (non-hydrogen) atoms. The lowest BCUT2D eigenvalue weighted by Gasteiger charge is -2.33. The van der Waals surface area contributed by atoms with E-state index in [2.05, 4.69) is 0 Å². The molecule has 0 spiro atoms. The molecule has 1 atom stereocenters. The maximum Gasteiger partial charge on any atom is 0.243 e. The first kappa shape index (κ1) is 15.4. The highest BCUT2D eigenvalue weighted by molar-refractivity contribution is 7.89. The van der Waals surface area contributed by atoms with Crippen LogP contribution in [0.1, 0.15) is 30.4 Å². The molecule has 0 aliphatic carbocycles. The number of hydrogen-bond acceptors (Lipinski definition) is 4. The number of piperidine rings is 1. The Morgan fingerprint density at radius 3 is 2.75 bits per heavy atom. The molecule has 112 valence electrons. The highest BCUT2D eigenvalue weighted by Crippen LogP contribution is 2.27. The van der Waals surface area contributed by atoms with Gasteiger partial charge in [0.05, 0.1) is 11.5 Å². The van der Waals surface area contributed by atoms with E-state index >= 15 is 0 Å². The van der Waals surface area contributed by atoms with Crippen LogP contribution in [0.2, 0.25) is 0 Å². The molecule has 2 rings (SSSR count). The van der Waals surface area contributed by atoms with Crippen LogP contribution in [-0.4, -0.2) is 37.0 Å². The molecular formula is C14H22N2O3S. The summed E-state index contributed by atoms with van der Waals surface area (Å²) < 4.78 is 27.0. The van der Waals surface area contributed by atoms with Crippen LogP contribution in [0.25, 0.3) is 0 Å². The fourth-order valence-electron chi connectivity index (χ4n) is 2.73. The number of nitrogens with two attached hydrogens (primary N) is 1. The van der Waals surface area contributed by atoms with Crippen LogP contribution >= 0.6 is 0 Å². The number of aryl methyl sites for hydroxylation is 1. The molecule has 1 unspecified atom stereocenters. The summed E-state index contributed by atoms with van der Waals surface area (Å²) in [5, 5.41) is 9.40. The largest absolute Gasteiger partial charge is 0.395 e. The van der Waals surface area contributed by atoms with Crippen molar-refractivity contribution in [2.45, 2.75) is 43.7 Å². The fraction of sp³-hybridized carbons (Fsp3) is 0.571. The van der Waals surface area contributed by atoms with Crippen molar-refractivity contribution in [2.75, 3.05) is 13.2 Å². The van der Waals surface area contributed by atoms with Gasteiger partial charge in [0, 0.05) is 19.1 Å². The van der Waals surface area contributed by atoms with Crippen LogP contribution in [0, 0.1) is 6.92 Å². The van der Waals surface area contributed by atoms with Crippen LogP contribution in [0.5, 0.6) is 0 Å². The Morgan fingerprint density at radius 1 is 1.40 bits per heavy atom. The van der Waals surface area contributed by atoms with Gasteiger partial charge >= 0.3 is 0 Å². The number of sulfonamides is 1. The van der Waals surface area contributed by atoms with E-state index in [9.17, 15) is 13.5 Å². The first-order valence-corrected chi connectivity index (χ1v) is 8.37. The molecule has 0 bridgehead atoms. The number of nitrogens with zero attached hydrogens (tertiary/aromatic N) is 1.